The highest BCUT2D eigenvalue weighted by molar-refractivity contribution is 5.19. The van der Waals surface area contributed by atoms with Gasteiger partial charge in [-0.2, -0.15) is 0 Å². The molecule has 1 aliphatic carbocycles. The van der Waals surface area contributed by atoms with E-state index in [1.807, 2.05) is 0 Å². The fraction of sp³-hybridized carbons (Fsp3) is 1.00. The van der Waals surface area contributed by atoms with E-state index in [-0.39, 0.29) is 11.2 Å². The second-order valence-corrected chi connectivity index (χ2v) is 5.10. The molecule has 0 N–H and O–H groups in total. The number of hydrogen-bond acceptors (Lipinski definition) is 1. The minimum atomic E-state index is 0.179. The van der Waals surface area contributed by atoms with Crippen LogP contribution < -0.4 is 0 Å². The molecular formula is C10H18O. The van der Waals surface area contributed by atoms with Crippen molar-refractivity contribution in [2.24, 2.45) is 5.41 Å². The van der Waals surface area contributed by atoms with Crippen molar-refractivity contribution in [3.8, 4) is 0 Å². The molecule has 2 atom stereocenters. The minimum absolute atomic E-state index is 0.179. The van der Waals surface area contributed by atoms with E-state index in [0.717, 1.165) is 0 Å². The van der Waals surface area contributed by atoms with E-state index in [2.05, 4.69) is 27.7 Å². The van der Waals surface area contributed by atoms with Crippen LogP contribution in [-0.2, 0) is 4.74 Å². The fourth-order valence-electron chi connectivity index (χ4n) is 2.67. The maximum absolute atomic E-state index is 5.87. The maximum atomic E-state index is 5.87. The summed E-state index contributed by atoms with van der Waals surface area (Å²) in [4.78, 5) is 0. The van der Waals surface area contributed by atoms with Gasteiger partial charge in [0, 0.05) is 0 Å². The van der Waals surface area contributed by atoms with Gasteiger partial charge in [0.1, 0.15) is 0 Å². The molecule has 0 spiro atoms. The molecule has 1 heteroatoms. The van der Waals surface area contributed by atoms with Crippen LogP contribution in [-0.4, -0.2) is 11.2 Å². The Morgan fingerprint density at radius 3 is 2.09 bits per heavy atom. The molecule has 11 heavy (non-hydrogen) atoms. The van der Waals surface area contributed by atoms with E-state index in [0.29, 0.717) is 5.41 Å². The summed E-state index contributed by atoms with van der Waals surface area (Å²) in [5.41, 5.74) is 0.785. The van der Waals surface area contributed by atoms with Gasteiger partial charge in [-0.25, -0.2) is 0 Å². The number of rotatable bonds is 0. The maximum Gasteiger partial charge on any atom is 0.0999 e. The van der Waals surface area contributed by atoms with E-state index in [9.17, 15) is 0 Å². The first-order valence-electron chi connectivity index (χ1n) is 4.62. The van der Waals surface area contributed by atoms with Crippen LogP contribution in [0.4, 0.5) is 0 Å². The third-order valence-corrected chi connectivity index (χ3v) is 4.14. The van der Waals surface area contributed by atoms with Crippen LogP contribution in [0.5, 0.6) is 0 Å². The van der Waals surface area contributed by atoms with Gasteiger partial charge in [-0.05, 0) is 38.5 Å². The summed E-state index contributed by atoms with van der Waals surface area (Å²) in [5.74, 6) is 0. The molecule has 0 aromatic rings. The molecule has 0 aromatic carbocycles. The predicted octanol–water partition coefficient (Wildman–Crippen LogP) is 2.74. The summed E-state index contributed by atoms with van der Waals surface area (Å²) >= 11 is 0. The predicted molar refractivity (Wildman–Crippen MR) is 45.5 cm³/mol. The van der Waals surface area contributed by atoms with Crippen molar-refractivity contribution in [2.75, 3.05) is 0 Å². The molecule has 1 saturated heterocycles. The molecule has 0 amide bonds. The number of epoxide rings is 1. The van der Waals surface area contributed by atoms with Gasteiger partial charge >= 0.3 is 0 Å². The molecule has 1 saturated carbocycles. The zero-order chi connectivity index (χ0) is 8.33. The van der Waals surface area contributed by atoms with Gasteiger partial charge in [0.25, 0.3) is 0 Å². The number of hydrogen-bond donors (Lipinski definition) is 0. The SMILES string of the molecule is CC1(C)CCCC2(C)OC12C. The van der Waals surface area contributed by atoms with Crippen LogP contribution in [0.3, 0.4) is 0 Å². The molecule has 0 radical (unpaired) electrons. The van der Waals surface area contributed by atoms with Gasteiger partial charge in [-0.3, -0.25) is 0 Å². The standard InChI is InChI=1S/C10H18O/c1-8(2)6-5-7-9(3)10(8,4)11-9/h5-7H2,1-4H3. The second-order valence-electron chi connectivity index (χ2n) is 5.10. The quantitative estimate of drug-likeness (QED) is 0.489. The van der Waals surface area contributed by atoms with Gasteiger partial charge in [0.2, 0.25) is 0 Å². The van der Waals surface area contributed by atoms with Gasteiger partial charge in [0.15, 0.2) is 0 Å². The Kier molecular flexibility index (Phi) is 1.15. The van der Waals surface area contributed by atoms with Crippen LogP contribution in [0.15, 0.2) is 0 Å². The zero-order valence-electron chi connectivity index (χ0n) is 8.03. The Morgan fingerprint density at radius 1 is 1.00 bits per heavy atom. The number of ether oxygens (including phenoxy) is 1. The fourth-order valence-corrected chi connectivity index (χ4v) is 2.67. The average molecular weight is 154 g/mol. The van der Waals surface area contributed by atoms with Crippen LogP contribution in [0.1, 0.15) is 47.0 Å². The number of fused-ring (bicyclic) bond motifs is 1. The summed E-state index contributed by atoms with van der Waals surface area (Å²) in [6.45, 7) is 9.19. The summed E-state index contributed by atoms with van der Waals surface area (Å²) in [5, 5.41) is 0. The van der Waals surface area contributed by atoms with Crippen molar-refractivity contribution in [3.05, 3.63) is 0 Å². The van der Waals surface area contributed by atoms with Crippen molar-refractivity contribution < 1.29 is 4.74 Å². The lowest BCUT2D eigenvalue weighted by Crippen LogP contribution is -2.39. The Bertz CT molecular complexity index is 197. The monoisotopic (exact) mass is 154 g/mol. The highest BCUT2D eigenvalue weighted by atomic mass is 16.6. The Balaban J connectivity index is 2.29. The normalized spacial score (nSPS) is 53.5. The highest BCUT2D eigenvalue weighted by Gasteiger charge is 2.71. The molecule has 2 unspecified atom stereocenters. The van der Waals surface area contributed by atoms with Crippen molar-refractivity contribution in [1.29, 1.82) is 0 Å². The average Bonchev–Trinajstić information content (AvgIpc) is 2.36. The van der Waals surface area contributed by atoms with E-state index in [1.54, 1.807) is 0 Å². The van der Waals surface area contributed by atoms with Gasteiger partial charge in [-0.1, -0.05) is 13.8 Å². The van der Waals surface area contributed by atoms with Gasteiger partial charge < -0.3 is 4.74 Å². The van der Waals surface area contributed by atoms with Crippen molar-refractivity contribution in [1.82, 2.24) is 0 Å². The van der Waals surface area contributed by atoms with Gasteiger partial charge in [0.05, 0.1) is 11.2 Å². The molecule has 1 heterocycles. The molecule has 0 bridgehead atoms. The lowest BCUT2D eigenvalue weighted by Gasteiger charge is -2.35. The van der Waals surface area contributed by atoms with Crippen LogP contribution in [0, 0.1) is 5.41 Å². The van der Waals surface area contributed by atoms with E-state index >= 15 is 0 Å². The summed E-state index contributed by atoms with van der Waals surface area (Å²) in [7, 11) is 0. The Hall–Kier alpha value is -0.0400. The highest BCUT2D eigenvalue weighted by Crippen LogP contribution is 2.64. The molecule has 2 aliphatic rings. The summed E-state index contributed by atoms with van der Waals surface area (Å²) in [6, 6.07) is 0. The second kappa shape index (κ2) is 1.66. The first-order chi connectivity index (χ1) is 4.91. The van der Waals surface area contributed by atoms with E-state index in [1.165, 1.54) is 19.3 Å². The van der Waals surface area contributed by atoms with Crippen molar-refractivity contribution in [2.45, 2.75) is 58.2 Å². The van der Waals surface area contributed by atoms with E-state index < -0.39 is 0 Å². The first kappa shape index (κ1) is 7.60. The molecular weight excluding hydrogens is 136 g/mol. The van der Waals surface area contributed by atoms with Crippen molar-refractivity contribution in [3.63, 3.8) is 0 Å². The molecule has 0 aromatic heterocycles. The smallest absolute Gasteiger partial charge is 0.0999 e. The Labute approximate surface area is 69.1 Å². The topological polar surface area (TPSA) is 12.5 Å². The van der Waals surface area contributed by atoms with Crippen LogP contribution in [0.2, 0.25) is 0 Å². The summed E-state index contributed by atoms with van der Waals surface area (Å²) < 4.78 is 5.87. The van der Waals surface area contributed by atoms with Crippen LogP contribution in [0.25, 0.3) is 0 Å². The molecule has 2 fully saturated rings. The first-order valence-corrected chi connectivity index (χ1v) is 4.62. The largest absolute Gasteiger partial charge is 0.363 e. The summed E-state index contributed by atoms with van der Waals surface area (Å²) in [6.07, 6.45) is 3.91. The molecule has 2 rings (SSSR count). The Morgan fingerprint density at radius 2 is 1.64 bits per heavy atom. The van der Waals surface area contributed by atoms with E-state index in [4.69, 9.17) is 4.74 Å². The van der Waals surface area contributed by atoms with Crippen LogP contribution >= 0.6 is 0 Å². The third-order valence-electron chi connectivity index (χ3n) is 4.14. The van der Waals surface area contributed by atoms with Gasteiger partial charge in [-0.15, -0.1) is 0 Å². The third kappa shape index (κ3) is 0.703. The molecule has 64 valence electrons. The lowest BCUT2D eigenvalue weighted by molar-refractivity contribution is 0.140. The minimum Gasteiger partial charge on any atom is -0.363 e. The zero-order valence-corrected chi connectivity index (χ0v) is 8.03. The molecule has 1 nitrogen and oxygen atoms in total. The lowest BCUT2D eigenvalue weighted by atomic mass is 9.65. The van der Waals surface area contributed by atoms with Crippen molar-refractivity contribution >= 4 is 0 Å². The molecule has 1 aliphatic heterocycles.